The van der Waals surface area contributed by atoms with E-state index in [1.165, 1.54) is 10.5 Å². The minimum Gasteiger partial charge on any atom is -0.384 e. The van der Waals surface area contributed by atoms with Gasteiger partial charge in [-0.25, -0.2) is 4.98 Å². The number of amides is 1. The second-order valence-electron chi connectivity index (χ2n) is 8.21. The van der Waals surface area contributed by atoms with Crippen molar-refractivity contribution in [3.8, 4) is 0 Å². The molecule has 5 nitrogen and oxygen atoms in total. The monoisotopic (exact) mass is 518 g/mol. The number of piperidine rings is 2. The molecule has 1 amide bonds. The molecule has 2 aliphatic heterocycles. The number of nitrogen functional groups attached to an aromatic ring is 1. The van der Waals surface area contributed by atoms with Crippen molar-refractivity contribution in [2.24, 2.45) is 5.92 Å². The summed E-state index contributed by atoms with van der Waals surface area (Å²) in [7, 11) is 0. The lowest BCUT2D eigenvalue weighted by atomic mass is 9.94. The zero-order chi connectivity index (χ0) is 22.9. The van der Waals surface area contributed by atoms with Crippen LogP contribution in [0.25, 0.3) is 0 Å². The Morgan fingerprint density at radius 3 is 2.44 bits per heavy atom. The summed E-state index contributed by atoms with van der Waals surface area (Å²) in [6, 6.07) is 12.4. The minimum absolute atomic E-state index is 0.177. The van der Waals surface area contributed by atoms with Crippen molar-refractivity contribution in [3.05, 3.63) is 52.6 Å². The molecule has 0 spiro atoms. The number of pyridine rings is 1. The number of hydrogen-bond donors (Lipinski definition) is 1. The number of halogens is 1. The SMILES string of the molecule is CC.Nc1cc(CN2CCC(C(=O)N3CCC(Sc4ccccc4Br)CC3)CC2)ccn1. The summed E-state index contributed by atoms with van der Waals surface area (Å²) >= 11 is 5.58. The zero-order valence-corrected chi connectivity index (χ0v) is 21.6. The van der Waals surface area contributed by atoms with Crippen molar-refractivity contribution >= 4 is 39.4 Å². The molecule has 0 radical (unpaired) electrons. The first-order valence-corrected chi connectivity index (χ1v) is 13.4. The van der Waals surface area contributed by atoms with Crippen molar-refractivity contribution < 1.29 is 4.79 Å². The normalized spacial score (nSPS) is 18.2. The molecule has 0 unspecified atom stereocenters. The standard InChI is InChI=1S/C23H29BrN4OS.C2H6/c24-20-3-1-2-4-21(20)30-19-8-13-28(14-9-19)23(29)18-6-11-27(12-7-18)16-17-5-10-26-22(25)15-17;1-2/h1-5,10,15,18-19H,6-9,11-14,16H2,(H2,25,26);1-2H3. The second kappa shape index (κ2) is 12.6. The van der Waals surface area contributed by atoms with E-state index in [2.05, 4.69) is 48.9 Å². The van der Waals surface area contributed by atoms with Gasteiger partial charge in [0, 0.05) is 46.4 Å². The molecule has 1 aromatic heterocycles. The number of thioether (sulfide) groups is 1. The molecule has 1 aromatic carbocycles. The Balaban J connectivity index is 0.00000141. The Kier molecular flexibility index (Phi) is 9.88. The molecule has 2 aliphatic rings. The lowest BCUT2D eigenvalue weighted by Gasteiger charge is -2.37. The molecule has 2 N–H and O–H groups in total. The van der Waals surface area contributed by atoms with Crippen molar-refractivity contribution in [1.29, 1.82) is 0 Å². The summed E-state index contributed by atoms with van der Waals surface area (Å²) in [5, 5.41) is 0.586. The molecule has 0 saturated carbocycles. The van der Waals surface area contributed by atoms with Crippen LogP contribution in [-0.4, -0.2) is 52.1 Å². The van der Waals surface area contributed by atoms with Gasteiger partial charge in [-0.15, -0.1) is 11.8 Å². The number of hydrogen-bond acceptors (Lipinski definition) is 5. The number of likely N-dealkylation sites (tertiary alicyclic amines) is 2. The van der Waals surface area contributed by atoms with Gasteiger partial charge in [-0.1, -0.05) is 26.0 Å². The molecular formula is C25H35BrN4OS. The maximum absolute atomic E-state index is 13.1. The van der Waals surface area contributed by atoms with Crippen LogP contribution in [-0.2, 0) is 11.3 Å². The number of nitrogens with two attached hydrogens (primary N) is 1. The van der Waals surface area contributed by atoms with Crippen LogP contribution in [0, 0.1) is 5.92 Å². The van der Waals surface area contributed by atoms with Gasteiger partial charge in [0.25, 0.3) is 0 Å². The van der Waals surface area contributed by atoms with Crippen LogP contribution in [0.5, 0.6) is 0 Å². The van der Waals surface area contributed by atoms with Gasteiger partial charge in [0.05, 0.1) is 0 Å². The van der Waals surface area contributed by atoms with Gasteiger partial charge in [0.2, 0.25) is 5.91 Å². The Labute approximate surface area is 205 Å². The molecule has 0 aliphatic carbocycles. The third-order valence-electron chi connectivity index (χ3n) is 6.07. The van der Waals surface area contributed by atoms with E-state index in [0.717, 1.165) is 62.9 Å². The van der Waals surface area contributed by atoms with Gasteiger partial charge in [-0.05, 0) is 84.5 Å². The van der Waals surface area contributed by atoms with E-state index in [0.29, 0.717) is 17.0 Å². The van der Waals surface area contributed by atoms with Crippen molar-refractivity contribution in [1.82, 2.24) is 14.8 Å². The molecule has 7 heteroatoms. The summed E-state index contributed by atoms with van der Waals surface area (Å²) in [6.07, 6.45) is 5.80. The highest BCUT2D eigenvalue weighted by Gasteiger charge is 2.31. The summed E-state index contributed by atoms with van der Waals surface area (Å²) < 4.78 is 1.16. The Hall–Kier alpha value is -1.57. The third-order valence-corrected chi connectivity index (χ3v) is 8.44. The van der Waals surface area contributed by atoms with Crippen LogP contribution in [0.15, 0.2) is 52.0 Å². The molecule has 174 valence electrons. The average molecular weight is 520 g/mol. The highest BCUT2D eigenvalue weighted by molar-refractivity contribution is 9.10. The maximum atomic E-state index is 13.1. The van der Waals surface area contributed by atoms with Gasteiger partial charge >= 0.3 is 0 Å². The number of rotatable bonds is 5. The fourth-order valence-electron chi connectivity index (χ4n) is 4.36. The quantitative estimate of drug-likeness (QED) is 0.570. The minimum atomic E-state index is 0.177. The molecule has 2 fully saturated rings. The predicted octanol–water partition coefficient (Wildman–Crippen LogP) is 5.45. The van der Waals surface area contributed by atoms with Gasteiger partial charge < -0.3 is 10.6 Å². The van der Waals surface area contributed by atoms with E-state index in [-0.39, 0.29) is 5.92 Å². The smallest absolute Gasteiger partial charge is 0.225 e. The van der Waals surface area contributed by atoms with Gasteiger partial charge in [-0.3, -0.25) is 9.69 Å². The molecule has 4 rings (SSSR count). The van der Waals surface area contributed by atoms with Gasteiger partial charge in [-0.2, -0.15) is 0 Å². The molecule has 3 heterocycles. The average Bonchev–Trinajstić information content (AvgIpc) is 2.82. The molecule has 2 saturated heterocycles. The van der Waals surface area contributed by atoms with Gasteiger partial charge in [0.15, 0.2) is 0 Å². The number of carbonyl (C=O) groups excluding carboxylic acids is 1. The lowest BCUT2D eigenvalue weighted by molar-refractivity contribution is -0.138. The first-order valence-electron chi connectivity index (χ1n) is 11.7. The summed E-state index contributed by atoms with van der Waals surface area (Å²) in [5.41, 5.74) is 6.98. The molecule has 0 atom stereocenters. The lowest BCUT2D eigenvalue weighted by Crippen LogP contribution is -2.45. The number of aromatic nitrogens is 1. The van der Waals surface area contributed by atoms with E-state index in [1.807, 2.05) is 43.8 Å². The van der Waals surface area contributed by atoms with Crippen LogP contribution in [0.1, 0.15) is 45.1 Å². The first-order chi connectivity index (χ1) is 15.6. The van der Waals surface area contributed by atoms with Crippen LogP contribution in [0.4, 0.5) is 5.82 Å². The Morgan fingerprint density at radius 2 is 1.78 bits per heavy atom. The Bertz CT molecular complexity index is 865. The highest BCUT2D eigenvalue weighted by atomic mass is 79.9. The predicted molar refractivity (Wildman–Crippen MR) is 138 cm³/mol. The number of carbonyl (C=O) groups is 1. The van der Waals surface area contributed by atoms with E-state index in [4.69, 9.17) is 5.73 Å². The van der Waals surface area contributed by atoms with Crippen LogP contribution < -0.4 is 5.73 Å². The van der Waals surface area contributed by atoms with Crippen molar-refractivity contribution in [3.63, 3.8) is 0 Å². The maximum Gasteiger partial charge on any atom is 0.225 e. The highest BCUT2D eigenvalue weighted by Crippen LogP contribution is 2.35. The van der Waals surface area contributed by atoms with Crippen LogP contribution in [0.3, 0.4) is 0 Å². The molecule has 2 aromatic rings. The first kappa shape index (κ1) is 25.1. The van der Waals surface area contributed by atoms with Crippen LogP contribution in [0.2, 0.25) is 0 Å². The second-order valence-corrected chi connectivity index (χ2v) is 10.4. The van der Waals surface area contributed by atoms with E-state index >= 15 is 0 Å². The third kappa shape index (κ3) is 6.96. The zero-order valence-electron chi connectivity index (χ0n) is 19.2. The van der Waals surface area contributed by atoms with Crippen LogP contribution >= 0.6 is 27.7 Å². The van der Waals surface area contributed by atoms with Crippen molar-refractivity contribution in [2.75, 3.05) is 31.9 Å². The van der Waals surface area contributed by atoms with E-state index < -0.39 is 0 Å². The number of nitrogens with zero attached hydrogens (tertiary/aromatic N) is 3. The summed E-state index contributed by atoms with van der Waals surface area (Å²) in [4.78, 5) is 22.9. The number of benzene rings is 1. The van der Waals surface area contributed by atoms with E-state index in [1.54, 1.807) is 6.20 Å². The Morgan fingerprint density at radius 1 is 1.09 bits per heavy atom. The van der Waals surface area contributed by atoms with Crippen molar-refractivity contribution in [2.45, 2.75) is 56.2 Å². The molecule has 0 bridgehead atoms. The number of anilines is 1. The largest absolute Gasteiger partial charge is 0.384 e. The fraction of sp³-hybridized carbons (Fsp3) is 0.520. The topological polar surface area (TPSA) is 62.5 Å². The van der Waals surface area contributed by atoms with Gasteiger partial charge in [0.1, 0.15) is 5.82 Å². The van der Waals surface area contributed by atoms with E-state index in [9.17, 15) is 4.79 Å². The fourth-order valence-corrected chi connectivity index (χ4v) is 6.07. The molecule has 32 heavy (non-hydrogen) atoms. The molecular weight excluding hydrogens is 484 g/mol. The summed E-state index contributed by atoms with van der Waals surface area (Å²) in [6.45, 7) is 8.58. The summed E-state index contributed by atoms with van der Waals surface area (Å²) in [5.74, 6) is 1.11.